The highest BCUT2D eigenvalue weighted by molar-refractivity contribution is 5.13. The van der Waals surface area contributed by atoms with Crippen molar-refractivity contribution in [2.75, 3.05) is 19.8 Å². The van der Waals surface area contributed by atoms with Crippen LogP contribution >= 0.6 is 0 Å². The molecule has 3 unspecified atom stereocenters. The van der Waals surface area contributed by atoms with Gasteiger partial charge in [0.2, 0.25) is 0 Å². The monoisotopic (exact) mass is 264 g/mol. The smallest absolute Gasteiger partial charge is 0.0940 e. The van der Waals surface area contributed by atoms with Gasteiger partial charge in [0.1, 0.15) is 0 Å². The lowest BCUT2D eigenvalue weighted by Gasteiger charge is -2.40. The predicted octanol–water partition coefficient (Wildman–Crippen LogP) is 0.567. The summed E-state index contributed by atoms with van der Waals surface area (Å²) in [5, 5.41) is 7.75. The fraction of sp³-hybridized carbons (Fsp3) is 0.692. The van der Waals surface area contributed by atoms with E-state index >= 15 is 0 Å². The normalized spacial score (nSPS) is 32.6. The van der Waals surface area contributed by atoms with Gasteiger partial charge < -0.3 is 9.47 Å². The van der Waals surface area contributed by atoms with Crippen LogP contribution in [0.1, 0.15) is 30.9 Å². The Bertz CT molecular complexity index is 408. The van der Waals surface area contributed by atoms with Crippen molar-refractivity contribution < 1.29 is 9.47 Å². The Morgan fingerprint density at radius 2 is 2.37 bits per heavy atom. The van der Waals surface area contributed by atoms with Gasteiger partial charge in [-0.1, -0.05) is 0 Å². The first kappa shape index (κ1) is 12.9. The largest absolute Gasteiger partial charge is 0.378 e. The molecular formula is C13H20N4O2. The van der Waals surface area contributed by atoms with Gasteiger partial charge >= 0.3 is 0 Å². The Morgan fingerprint density at radius 1 is 1.42 bits per heavy atom. The van der Waals surface area contributed by atoms with Crippen molar-refractivity contribution in [1.82, 2.24) is 15.6 Å². The second-order valence-electron chi connectivity index (χ2n) is 5.41. The summed E-state index contributed by atoms with van der Waals surface area (Å²) < 4.78 is 11.5. The number of nitrogens with zero attached hydrogens (tertiary/aromatic N) is 2. The zero-order valence-electron chi connectivity index (χ0n) is 10.9. The first-order valence-electron chi connectivity index (χ1n) is 6.77. The third-order valence-corrected chi connectivity index (χ3v) is 4.22. The van der Waals surface area contributed by atoms with E-state index in [1.165, 1.54) is 0 Å². The zero-order valence-corrected chi connectivity index (χ0v) is 10.9. The Morgan fingerprint density at radius 3 is 3.05 bits per heavy atom. The van der Waals surface area contributed by atoms with Gasteiger partial charge in [-0.15, -0.1) is 0 Å². The number of rotatable bonds is 3. The molecule has 0 aromatic carbocycles. The molecule has 3 atom stereocenters. The molecule has 2 fully saturated rings. The summed E-state index contributed by atoms with van der Waals surface area (Å²) in [6.07, 6.45) is 6.43. The fourth-order valence-corrected chi connectivity index (χ4v) is 3.20. The Balaban J connectivity index is 1.76. The summed E-state index contributed by atoms with van der Waals surface area (Å²) in [6.45, 7) is 2.27. The van der Waals surface area contributed by atoms with Crippen LogP contribution in [0.25, 0.3) is 0 Å². The summed E-state index contributed by atoms with van der Waals surface area (Å²) in [5.41, 5.74) is 3.91. The summed E-state index contributed by atoms with van der Waals surface area (Å²) in [4.78, 5) is 0. The molecule has 0 aliphatic carbocycles. The fourth-order valence-electron chi connectivity index (χ4n) is 3.20. The quantitative estimate of drug-likeness (QED) is 0.613. The number of nitrogens with two attached hydrogens (primary N) is 1. The maximum atomic E-state index is 5.97. The molecule has 104 valence electrons. The lowest BCUT2D eigenvalue weighted by molar-refractivity contribution is -0.103. The minimum atomic E-state index is -0.0987. The van der Waals surface area contributed by atoms with Gasteiger partial charge in [-0.2, -0.15) is 10.2 Å². The number of nitrogens with one attached hydrogen (secondary N) is 1. The van der Waals surface area contributed by atoms with Gasteiger partial charge in [-0.05, 0) is 30.4 Å². The third-order valence-electron chi connectivity index (χ3n) is 4.22. The maximum Gasteiger partial charge on any atom is 0.0940 e. The molecule has 3 N–H and O–H groups in total. The second kappa shape index (κ2) is 5.50. The average Bonchev–Trinajstić information content (AvgIpc) is 2.89. The summed E-state index contributed by atoms with van der Waals surface area (Å²) in [7, 11) is 0. The Labute approximate surface area is 112 Å². The van der Waals surface area contributed by atoms with Crippen molar-refractivity contribution >= 4 is 0 Å². The molecule has 1 aromatic rings. The number of ether oxygens (including phenoxy) is 2. The first-order chi connectivity index (χ1) is 9.33. The third kappa shape index (κ3) is 2.62. The Kier molecular flexibility index (Phi) is 3.74. The highest BCUT2D eigenvalue weighted by Crippen LogP contribution is 2.40. The molecule has 1 spiro atoms. The van der Waals surface area contributed by atoms with Gasteiger partial charge in [0.05, 0.1) is 24.4 Å². The van der Waals surface area contributed by atoms with Crippen LogP contribution in [0.4, 0.5) is 0 Å². The summed E-state index contributed by atoms with van der Waals surface area (Å²) >= 11 is 0. The molecule has 3 rings (SSSR count). The van der Waals surface area contributed by atoms with Crippen LogP contribution in [-0.4, -0.2) is 35.6 Å². The van der Waals surface area contributed by atoms with Gasteiger partial charge in [0.15, 0.2) is 0 Å². The van der Waals surface area contributed by atoms with E-state index in [1.807, 2.05) is 6.07 Å². The number of hydrogen-bond donors (Lipinski definition) is 2. The van der Waals surface area contributed by atoms with E-state index in [4.69, 9.17) is 15.3 Å². The maximum absolute atomic E-state index is 5.97. The van der Waals surface area contributed by atoms with Crippen molar-refractivity contribution in [2.45, 2.75) is 30.9 Å². The van der Waals surface area contributed by atoms with Crippen molar-refractivity contribution in [3.8, 4) is 0 Å². The van der Waals surface area contributed by atoms with Crippen LogP contribution in [0.2, 0.25) is 0 Å². The lowest BCUT2D eigenvalue weighted by atomic mass is 9.79. The number of aromatic nitrogens is 2. The van der Waals surface area contributed by atoms with E-state index in [1.54, 1.807) is 12.4 Å². The predicted molar refractivity (Wildman–Crippen MR) is 68.9 cm³/mol. The van der Waals surface area contributed by atoms with Crippen LogP contribution in [0, 0.1) is 5.92 Å². The SMILES string of the molecule is NNC(c1ccnnc1)C1CCOC2(CCOC2)C1. The Hall–Kier alpha value is -1.08. The molecule has 2 aliphatic heterocycles. The molecule has 1 aromatic heterocycles. The lowest BCUT2D eigenvalue weighted by Crippen LogP contribution is -2.45. The van der Waals surface area contributed by atoms with Crippen molar-refractivity contribution in [3.05, 3.63) is 24.0 Å². The van der Waals surface area contributed by atoms with Crippen LogP contribution in [-0.2, 0) is 9.47 Å². The molecule has 19 heavy (non-hydrogen) atoms. The van der Waals surface area contributed by atoms with Gasteiger partial charge in [-0.3, -0.25) is 11.3 Å². The van der Waals surface area contributed by atoms with E-state index < -0.39 is 0 Å². The number of hydrogen-bond acceptors (Lipinski definition) is 6. The zero-order chi connectivity index (χ0) is 13.1. The molecule has 0 radical (unpaired) electrons. The summed E-state index contributed by atoms with van der Waals surface area (Å²) in [5.74, 6) is 6.19. The van der Waals surface area contributed by atoms with E-state index in [9.17, 15) is 0 Å². The highest BCUT2D eigenvalue weighted by atomic mass is 16.6. The number of hydrazine groups is 1. The average molecular weight is 264 g/mol. The summed E-state index contributed by atoms with van der Waals surface area (Å²) in [6, 6.07) is 2.06. The van der Waals surface area contributed by atoms with Crippen LogP contribution < -0.4 is 11.3 Å². The van der Waals surface area contributed by atoms with E-state index in [0.29, 0.717) is 12.5 Å². The molecule has 0 amide bonds. The molecule has 0 bridgehead atoms. The second-order valence-corrected chi connectivity index (χ2v) is 5.41. The van der Waals surface area contributed by atoms with E-state index in [2.05, 4.69) is 15.6 Å². The minimum absolute atomic E-state index is 0.0943. The van der Waals surface area contributed by atoms with Crippen molar-refractivity contribution in [2.24, 2.45) is 11.8 Å². The molecule has 2 aliphatic rings. The molecular weight excluding hydrogens is 244 g/mol. The van der Waals surface area contributed by atoms with Gasteiger partial charge in [0.25, 0.3) is 0 Å². The molecule has 6 nitrogen and oxygen atoms in total. The van der Waals surface area contributed by atoms with E-state index in [0.717, 1.165) is 38.0 Å². The first-order valence-corrected chi connectivity index (χ1v) is 6.77. The topological polar surface area (TPSA) is 82.3 Å². The molecule has 0 saturated carbocycles. The van der Waals surface area contributed by atoms with Crippen molar-refractivity contribution in [1.29, 1.82) is 0 Å². The molecule has 3 heterocycles. The van der Waals surface area contributed by atoms with E-state index in [-0.39, 0.29) is 11.6 Å². The van der Waals surface area contributed by atoms with Crippen LogP contribution in [0.3, 0.4) is 0 Å². The van der Waals surface area contributed by atoms with Gasteiger partial charge in [0, 0.05) is 25.8 Å². The molecule has 6 heteroatoms. The van der Waals surface area contributed by atoms with Crippen LogP contribution in [0.15, 0.2) is 18.5 Å². The highest BCUT2D eigenvalue weighted by Gasteiger charge is 2.43. The van der Waals surface area contributed by atoms with Gasteiger partial charge in [-0.25, -0.2) is 0 Å². The minimum Gasteiger partial charge on any atom is -0.378 e. The standard InChI is InChI=1S/C13H20N4O2/c14-17-12(11-1-4-15-16-8-11)10-2-5-19-13(7-10)3-6-18-9-13/h1,4,8,10,12,17H,2-3,5-7,9,14H2. The van der Waals surface area contributed by atoms with Crippen LogP contribution in [0.5, 0.6) is 0 Å². The van der Waals surface area contributed by atoms with Crippen molar-refractivity contribution in [3.63, 3.8) is 0 Å². The molecule has 2 saturated heterocycles.